The first-order valence-electron chi connectivity index (χ1n) is 4.12. The Hall–Kier alpha value is 0.688. The maximum atomic E-state index is 3.60. The van der Waals surface area contributed by atoms with E-state index in [1.165, 1.54) is 25.7 Å². The molecule has 64 valence electrons. The summed E-state index contributed by atoms with van der Waals surface area (Å²) in [6.45, 7) is 10.1. The van der Waals surface area contributed by atoms with Gasteiger partial charge in [0, 0.05) is 21.1 Å². The zero-order valence-corrected chi connectivity index (χ0v) is 10.6. The summed E-state index contributed by atoms with van der Waals surface area (Å²) in [7, 11) is 0. The van der Waals surface area contributed by atoms with E-state index < -0.39 is 0 Å². The second-order valence-electron chi connectivity index (χ2n) is 2.21. The summed E-state index contributed by atoms with van der Waals surface area (Å²) < 4.78 is 0. The predicted molar refractivity (Wildman–Crippen MR) is 45.5 cm³/mol. The Balaban J connectivity index is -0.0000000910. The van der Waals surface area contributed by atoms with Crippen molar-refractivity contribution in [2.45, 2.75) is 52.9 Å². The van der Waals surface area contributed by atoms with E-state index in [2.05, 4.69) is 27.7 Å². The van der Waals surface area contributed by atoms with Crippen molar-refractivity contribution in [1.29, 1.82) is 0 Å². The van der Waals surface area contributed by atoms with Gasteiger partial charge in [-0.1, -0.05) is 46.5 Å². The Morgan fingerprint density at radius 3 is 1.20 bits per heavy atom. The van der Waals surface area contributed by atoms with E-state index in [0.717, 1.165) is 6.42 Å². The van der Waals surface area contributed by atoms with Crippen LogP contribution < -0.4 is 0 Å². The molecule has 10 heavy (non-hydrogen) atoms. The van der Waals surface area contributed by atoms with Crippen LogP contribution in [0.4, 0.5) is 0 Å². The van der Waals surface area contributed by atoms with Gasteiger partial charge in [-0.25, -0.2) is 0 Å². The maximum absolute atomic E-state index is 3.60. The van der Waals surface area contributed by atoms with Crippen molar-refractivity contribution < 1.29 is 21.1 Å². The van der Waals surface area contributed by atoms with Crippen LogP contribution in [0.25, 0.3) is 0 Å². The Labute approximate surface area is 81.1 Å². The van der Waals surface area contributed by atoms with Crippen molar-refractivity contribution in [3.8, 4) is 0 Å². The molecule has 0 aromatic heterocycles. The Kier molecular flexibility index (Phi) is 38.4. The van der Waals surface area contributed by atoms with Gasteiger partial charge in [0.25, 0.3) is 0 Å². The van der Waals surface area contributed by atoms with E-state index in [0.29, 0.717) is 0 Å². The van der Waals surface area contributed by atoms with E-state index in [4.69, 9.17) is 0 Å². The fourth-order valence-electron chi connectivity index (χ4n) is 0.354. The average molecular weight is 313 g/mol. The first-order chi connectivity index (χ1) is 4.33. The molecule has 0 spiro atoms. The van der Waals surface area contributed by atoms with Crippen LogP contribution >= 0.6 is 0 Å². The molecule has 1 heteroatoms. The Morgan fingerprint density at radius 2 is 1.20 bits per heavy atom. The van der Waals surface area contributed by atoms with Crippen molar-refractivity contribution in [1.82, 2.24) is 0 Å². The molecule has 0 aromatic carbocycles. The van der Waals surface area contributed by atoms with Crippen LogP contribution in [-0.2, 0) is 21.1 Å². The molecule has 0 amide bonds. The molecule has 0 nitrogen and oxygen atoms in total. The fourth-order valence-corrected chi connectivity index (χ4v) is 0.354. The third kappa shape index (κ3) is 37.8. The van der Waals surface area contributed by atoms with E-state index in [9.17, 15) is 0 Å². The molecular formula is C9H21W-. The fraction of sp³-hybridized carbons (Fsp3) is 0.889. The second-order valence-corrected chi connectivity index (χ2v) is 2.21. The summed E-state index contributed by atoms with van der Waals surface area (Å²) >= 11 is 0. The van der Waals surface area contributed by atoms with Crippen LogP contribution in [0.5, 0.6) is 0 Å². The third-order valence-electron chi connectivity index (χ3n) is 1.06. The van der Waals surface area contributed by atoms with E-state index in [1.807, 2.05) is 0 Å². The quantitative estimate of drug-likeness (QED) is 0.695. The molecule has 0 heterocycles. The number of unbranched alkanes of at least 4 members (excludes halogenated alkanes) is 3. The van der Waals surface area contributed by atoms with E-state index in [-0.39, 0.29) is 21.1 Å². The monoisotopic (exact) mass is 313 g/mol. The van der Waals surface area contributed by atoms with Gasteiger partial charge in [0.2, 0.25) is 0 Å². The van der Waals surface area contributed by atoms with Crippen LogP contribution in [0.3, 0.4) is 0 Å². The van der Waals surface area contributed by atoms with Gasteiger partial charge in [0.1, 0.15) is 0 Å². The molecule has 0 bridgehead atoms. The molecule has 0 aliphatic rings. The second kappa shape index (κ2) is 22.6. The van der Waals surface area contributed by atoms with Gasteiger partial charge in [-0.3, -0.25) is 0 Å². The van der Waals surface area contributed by atoms with Crippen LogP contribution in [0, 0.1) is 6.92 Å². The standard InChI is InChI=1S/C5H12.C4H9.W/c1-3-5-4-2;1-3-4-2;/h3-5H2,1-2H3;1,3-4H2,2H3;/q;-1;. The largest absolute Gasteiger partial charge is 0.343 e. The summed E-state index contributed by atoms with van der Waals surface area (Å²) in [5.74, 6) is 0. The zero-order chi connectivity index (χ0) is 7.54. The summed E-state index contributed by atoms with van der Waals surface area (Å²) in [4.78, 5) is 0. The van der Waals surface area contributed by atoms with Crippen molar-refractivity contribution in [2.24, 2.45) is 0 Å². The van der Waals surface area contributed by atoms with Gasteiger partial charge in [-0.05, 0) is 0 Å². The molecular weight excluding hydrogens is 292 g/mol. The minimum Gasteiger partial charge on any atom is -0.343 e. The van der Waals surface area contributed by atoms with Gasteiger partial charge >= 0.3 is 0 Å². The van der Waals surface area contributed by atoms with Crippen molar-refractivity contribution in [3.05, 3.63) is 6.92 Å². The first-order valence-corrected chi connectivity index (χ1v) is 4.12. The van der Waals surface area contributed by atoms with Gasteiger partial charge in [-0.15, -0.1) is 0 Å². The van der Waals surface area contributed by atoms with Crippen LogP contribution in [0.2, 0.25) is 0 Å². The van der Waals surface area contributed by atoms with Crippen LogP contribution in [0.1, 0.15) is 52.9 Å². The van der Waals surface area contributed by atoms with Crippen molar-refractivity contribution in [3.63, 3.8) is 0 Å². The first kappa shape index (κ1) is 17.0. The van der Waals surface area contributed by atoms with Gasteiger partial charge in [0.05, 0.1) is 0 Å². The number of rotatable bonds is 3. The molecule has 0 saturated heterocycles. The molecule has 0 radical (unpaired) electrons. The van der Waals surface area contributed by atoms with Crippen LogP contribution in [0.15, 0.2) is 0 Å². The molecule has 0 fully saturated rings. The molecule has 0 saturated carbocycles. The van der Waals surface area contributed by atoms with Crippen molar-refractivity contribution >= 4 is 0 Å². The molecule has 0 aliphatic carbocycles. The third-order valence-corrected chi connectivity index (χ3v) is 1.06. The predicted octanol–water partition coefficient (Wildman–Crippen LogP) is 3.81. The number of hydrogen-bond donors (Lipinski definition) is 0. The summed E-state index contributed by atoms with van der Waals surface area (Å²) in [5.41, 5.74) is 0. The molecule has 0 N–H and O–H groups in total. The zero-order valence-electron chi connectivity index (χ0n) is 7.65. The number of hydrogen-bond acceptors (Lipinski definition) is 0. The summed E-state index contributed by atoms with van der Waals surface area (Å²) in [6, 6.07) is 0. The maximum Gasteiger partial charge on any atom is 0 e. The average Bonchev–Trinajstić information content (AvgIpc) is 1.91. The Bertz CT molecular complexity index is 23.9. The van der Waals surface area contributed by atoms with Gasteiger partial charge in [-0.2, -0.15) is 6.42 Å². The molecule has 0 unspecified atom stereocenters. The molecule has 0 atom stereocenters. The van der Waals surface area contributed by atoms with Crippen molar-refractivity contribution in [2.75, 3.05) is 0 Å². The van der Waals surface area contributed by atoms with Crippen LogP contribution in [-0.4, -0.2) is 0 Å². The smallest absolute Gasteiger partial charge is 0 e. The molecule has 0 rings (SSSR count). The van der Waals surface area contributed by atoms with Gasteiger partial charge < -0.3 is 6.92 Å². The Morgan fingerprint density at radius 1 is 0.900 bits per heavy atom. The normalized spacial score (nSPS) is 7.20. The topological polar surface area (TPSA) is 0 Å². The summed E-state index contributed by atoms with van der Waals surface area (Å²) in [6.07, 6.45) is 6.35. The molecule has 0 aliphatic heterocycles. The van der Waals surface area contributed by atoms with E-state index >= 15 is 0 Å². The summed E-state index contributed by atoms with van der Waals surface area (Å²) in [5, 5.41) is 0. The minimum atomic E-state index is 0. The van der Waals surface area contributed by atoms with Gasteiger partial charge in [0.15, 0.2) is 0 Å². The van der Waals surface area contributed by atoms with E-state index in [1.54, 1.807) is 0 Å². The molecule has 0 aromatic rings. The SMILES string of the molecule is CCCCC.[CH2-]CCC.[W]. The minimum absolute atomic E-state index is 0.